The predicted octanol–water partition coefficient (Wildman–Crippen LogP) is 6.04. The first-order valence-electron chi connectivity index (χ1n) is 13.3. The first-order valence-corrected chi connectivity index (χ1v) is 13.3. The molecule has 0 saturated heterocycles. The van der Waals surface area contributed by atoms with Crippen molar-refractivity contribution in [1.82, 2.24) is 20.1 Å². The van der Waals surface area contributed by atoms with Crippen LogP contribution in [0.4, 0.5) is 8.78 Å². The molecule has 0 spiro atoms. The summed E-state index contributed by atoms with van der Waals surface area (Å²) >= 11 is 0. The highest BCUT2D eigenvalue weighted by Crippen LogP contribution is 2.50. The predicted molar refractivity (Wildman–Crippen MR) is 145 cm³/mol. The normalized spacial score (nSPS) is 18.6. The van der Waals surface area contributed by atoms with E-state index in [2.05, 4.69) is 21.3 Å². The first-order chi connectivity index (χ1) is 19.1. The summed E-state index contributed by atoms with van der Waals surface area (Å²) in [5.41, 5.74) is 2.37. The Bertz CT molecular complexity index is 1650. The maximum absolute atomic E-state index is 14.0. The molecule has 2 heterocycles. The molecule has 1 N–H and O–H groups in total. The van der Waals surface area contributed by atoms with E-state index in [-0.39, 0.29) is 30.8 Å². The third-order valence-corrected chi connectivity index (χ3v) is 8.32. The number of rotatable bonds is 7. The van der Waals surface area contributed by atoms with Gasteiger partial charge in [0.05, 0.1) is 11.2 Å². The van der Waals surface area contributed by atoms with Gasteiger partial charge in [-0.2, -0.15) is 5.10 Å². The average Bonchev–Trinajstić information content (AvgIpc) is 3.31. The van der Waals surface area contributed by atoms with Crippen LogP contribution in [0.5, 0.6) is 0 Å². The van der Waals surface area contributed by atoms with Crippen molar-refractivity contribution in [3.05, 3.63) is 66.4 Å². The van der Waals surface area contributed by atoms with Gasteiger partial charge in [-0.1, -0.05) is 24.1 Å². The van der Waals surface area contributed by atoms with E-state index in [1.807, 2.05) is 43.3 Å². The highest BCUT2D eigenvalue weighted by molar-refractivity contribution is 6.01. The number of aryl methyl sites for hydroxylation is 1. The number of hydrogen-bond acceptors (Lipinski definition) is 5. The Kier molecular flexibility index (Phi) is 6.10. The number of hydrogen-bond donors (Lipinski definition) is 1. The topological polar surface area (TPSA) is 90.0 Å². The van der Waals surface area contributed by atoms with Crippen LogP contribution in [0, 0.1) is 24.7 Å². The second-order valence-corrected chi connectivity index (χ2v) is 11.1. The number of Topliss-reactive ketones (excluding diaryl/α,β-unsaturated/α-hetero) is 1. The number of nitrogens with one attached hydrogen (secondary N) is 1. The van der Waals surface area contributed by atoms with E-state index in [9.17, 15) is 18.4 Å². The van der Waals surface area contributed by atoms with Crippen LogP contribution in [0.25, 0.3) is 27.8 Å². The molecule has 0 unspecified atom stereocenters. The molecule has 204 valence electrons. The Morgan fingerprint density at radius 2 is 1.77 bits per heavy atom. The number of aromatic nitrogens is 3. The number of alkyl halides is 2. The summed E-state index contributed by atoms with van der Waals surface area (Å²) in [6, 6.07) is 13.2. The Morgan fingerprint density at radius 1 is 1.05 bits per heavy atom. The van der Waals surface area contributed by atoms with Crippen LogP contribution in [0.3, 0.4) is 0 Å². The van der Waals surface area contributed by atoms with Crippen LogP contribution >= 0.6 is 0 Å². The largest absolute Gasteiger partial charge is 0.451 e. The van der Waals surface area contributed by atoms with Gasteiger partial charge in [-0.3, -0.25) is 9.59 Å². The minimum atomic E-state index is -2.86. The van der Waals surface area contributed by atoms with E-state index in [1.54, 1.807) is 17.1 Å². The zero-order valence-electron chi connectivity index (χ0n) is 22.0. The number of furan rings is 1. The lowest BCUT2D eigenvalue weighted by Crippen LogP contribution is -2.58. The molecular weight excluding hydrogens is 514 g/mol. The van der Waals surface area contributed by atoms with E-state index in [0.717, 1.165) is 35.2 Å². The van der Waals surface area contributed by atoms with Crippen molar-refractivity contribution in [3.63, 3.8) is 0 Å². The van der Waals surface area contributed by atoms with Gasteiger partial charge < -0.3 is 9.73 Å². The van der Waals surface area contributed by atoms with Crippen molar-refractivity contribution in [2.24, 2.45) is 5.41 Å². The molecule has 2 saturated carbocycles. The van der Waals surface area contributed by atoms with Crippen molar-refractivity contribution in [2.45, 2.75) is 63.3 Å². The molecule has 2 fully saturated rings. The third-order valence-electron chi connectivity index (χ3n) is 8.32. The summed E-state index contributed by atoms with van der Waals surface area (Å²) in [5.74, 6) is -1.04. The Balaban J connectivity index is 1.25. The highest BCUT2D eigenvalue weighted by atomic mass is 19.3. The molecule has 2 aromatic carbocycles. The number of carbonyl (C=O) groups excluding carboxylic acids is 2. The number of amides is 1. The minimum Gasteiger partial charge on any atom is -0.451 e. The lowest BCUT2D eigenvalue weighted by Gasteiger charge is -2.39. The lowest BCUT2D eigenvalue weighted by atomic mass is 9.74. The molecule has 7 nitrogen and oxygen atoms in total. The van der Waals surface area contributed by atoms with Crippen LogP contribution in [-0.4, -0.2) is 37.9 Å². The summed E-state index contributed by atoms with van der Waals surface area (Å²) in [7, 11) is 0. The van der Waals surface area contributed by atoms with Crippen molar-refractivity contribution >= 4 is 22.7 Å². The van der Waals surface area contributed by atoms with Crippen molar-refractivity contribution in [1.29, 1.82) is 0 Å². The van der Waals surface area contributed by atoms with Gasteiger partial charge in [0.15, 0.2) is 11.5 Å². The molecular formula is C31H28F2N4O3. The smallest absolute Gasteiger partial charge is 0.287 e. The number of terminal acetylenes is 1. The fraction of sp³-hybridized carbons (Fsp3) is 0.355. The Hall–Kier alpha value is -4.32. The maximum Gasteiger partial charge on any atom is 0.287 e. The van der Waals surface area contributed by atoms with Gasteiger partial charge in [0.25, 0.3) is 5.91 Å². The van der Waals surface area contributed by atoms with Crippen molar-refractivity contribution in [2.75, 3.05) is 0 Å². The quantitative estimate of drug-likeness (QED) is 0.288. The fourth-order valence-electron chi connectivity index (χ4n) is 5.54. The molecule has 2 aromatic heterocycles. The number of benzene rings is 2. The summed E-state index contributed by atoms with van der Waals surface area (Å²) in [5, 5.41) is 7.70. The van der Waals surface area contributed by atoms with Gasteiger partial charge in [-0.05, 0) is 73.6 Å². The van der Waals surface area contributed by atoms with Crippen LogP contribution < -0.4 is 5.32 Å². The third kappa shape index (κ3) is 4.79. The van der Waals surface area contributed by atoms with Crippen LogP contribution in [0.15, 0.2) is 59.5 Å². The second-order valence-electron chi connectivity index (χ2n) is 11.1. The Labute approximate surface area is 230 Å². The standard InChI is InChI=1S/C31H28F2N4O3/c1-3-29(8-9-29)17-27(38)30(10-12-31(32,33)13-11-30)36-28(39)26-16-23-5-4-22(15-25(23)40-26)21-6-7-24(20(2)14-21)37-19-34-18-35-37/h1,4-7,14-16,18-19H,8-13,17H2,2H3,(H,36,39). The maximum atomic E-state index is 14.0. The van der Waals surface area contributed by atoms with Gasteiger partial charge in [-0.15, -0.1) is 6.42 Å². The summed E-state index contributed by atoms with van der Waals surface area (Å²) in [4.78, 5) is 30.8. The zero-order chi connectivity index (χ0) is 28.1. The molecule has 0 radical (unpaired) electrons. The molecule has 40 heavy (non-hydrogen) atoms. The van der Waals surface area contributed by atoms with E-state index in [4.69, 9.17) is 10.8 Å². The molecule has 9 heteroatoms. The number of carbonyl (C=O) groups is 2. The fourth-order valence-corrected chi connectivity index (χ4v) is 5.54. The molecule has 0 aliphatic heterocycles. The SMILES string of the molecule is C#CC1(CC(=O)C2(NC(=O)c3cc4ccc(-c5ccc(-n6cncn6)c(C)c5)cc4o3)CCC(F)(F)CC2)CC1. The van der Waals surface area contributed by atoms with Crippen LogP contribution in [0.1, 0.15) is 61.1 Å². The molecule has 1 amide bonds. The van der Waals surface area contributed by atoms with E-state index >= 15 is 0 Å². The Morgan fingerprint density at radius 3 is 2.42 bits per heavy atom. The van der Waals surface area contributed by atoms with Crippen molar-refractivity contribution in [3.8, 4) is 29.2 Å². The number of fused-ring (bicyclic) bond motifs is 1. The highest BCUT2D eigenvalue weighted by Gasteiger charge is 2.52. The number of halogens is 2. The lowest BCUT2D eigenvalue weighted by molar-refractivity contribution is -0.131. The van der Waals surface area contributed by atoms with E-state index < -0.39 is 35.6 Å². The van der Waals surface area contributed by atoms with Gasteiger partial charge in [-0.25, -0.2) is 18.4 Å². The zero-order valence-corrected chi connectivity index (χ0v) is 22.0. The van der Waals surface area contributed by atoms with Crippen LogP contribution in [0.2, 0.25) is 0 Å². The van der Waals surface area contributed by atoms with E-state index in [0.29, 0.717) is 11.0 Å². The van der Waals surface area contributed by atoms with E-state index in [1.165, 1.54) is 6.33 Å². The number of ketones is 1. The van der Waals surface area contributed by atoms with Crippen LogP contribution in [-0.2, 0) is 4.79 Å². The molecule has 0 atom stereocenters. The molecule has 2 aliphatic carbocycles. The number of nitrogens with zero attached hydrogens (tertiary/aromatic N) is 3. The average molecular weight is 543 g/mol. The molecule has 2 aliphatic rings. The van der Waals surface area contributed by atoms with Crippen molar-refractivity contribution < 1.29 is 22.8 Å². The summed E-state index contributed by atoms with van der Waals surface area (Å²) in [6.07, 6.45) is 9.06. The first kappa shape index (κ1) is 25.9. The van der Waals surface area contributed by atoms with Gasteiger partial charge in [0, 0.05) is 30.1 Å². The molecule has 6 rings (SSSR count). The minimum absolute atomic E-state index is 0.0208. The van der Waals surface area contributed by atoms with Gasteiger partial charge in [0.2, 0.25) is 5.92 Å². The summed E-state index contributed by atoms with van der Waals surface area (Å²) in [6.45, 7) is 1.99. The summed E-state index contributed by atoms with van der Waals surface area (Å²) < 4.78 is 35.7. The molecule has 0 bridgehead atoms. The molecule has 4 aromatic rings. The van der Waals surface area contributed by atoms with Gasteiger partial charge >= 0.3 is 0 Å². The van der Waals surface area contributed by atoms with Gasteiger partial charge in [0.1, 0.15) is 18.2 Å². The second kappa shape index (κ2) is 9.40. The monoisotopic (exact) mass is 542 g/mol.